The number of nitrogen functional groups attached to an aromatic ring is 1. The highest BCUT2D eigenvalue weighted by molar-refractivity contribution is 6.06. The molecular formula is C32H31F2N5O5. The summed E-state index contributed by atoms with van der Waals surface area (Å²) in [4.78, 5) is 48.5. The summed E-state index contributed by atoms with van der Waals surface area (Å²) in [5.41, 5.74) is 8.46. The van der Waals surface area contributed by atoms with Gasteiger partial charge in [0, 0.05) is 24.0 Å². The van der Waals surface area contributed by atoms with Crippen LogP contribution in [0.3, 0.4) is 0 Å². The Morgan fingerprint density at radius 1 is 1.00 bits per heavy atom. The molecule has 1 atom stereocenters. The molecule has 0 aliphatic carbocycles. The van der Waals surface area contributed by atoms with Gasteiger partial charge in [-0.3, -0.25) is 4.79 Å². The Labute approximate surface area is 252 Å². The smallest absolute Gasteiger partial charge is 0.408 e. The first-order valence-electron chi connectivity index (χ1n) is 13.9. The number of nitrogens with two attached hydrogens (primary N) is 1. The number of alkyl carbamates (subject to hydrolysis) is 1. The minimum atomic E-state index is -1.14. The van der Waals surface area contributed by atoms with Crippen LogP contribution in [-0.2, 0) is 34.0 Å². The van der Waals surface area contributed by atoms with E-state index in [4.69, 9.17) is 15.2 Å². The van der Waals surface area contributed by atoms with Crippen LogP contribution in [0.25, 0.3) is 22.0 Å². The number of nitrogens with zero attached hydrogens (tertiary/aromatic N) is 3. The zero-order chi connectivity index (χ0) is 31.8. The fraction of sp³-hybridized carbons (Fsp3) is 0.281. The zero-order valence-corrected chi connectivity index (χ0v) is 24.6. The second-order valence-corrected chi connectivity index (χ2v) is 11.5. The fourth-order valence-electron chi connectivity index (χ4n) is 4.90. The van der Waals surface area contributed by atoms with Gasteiger partial charge in [0.25, 0.3) is 5.91 Å². The van der Waals surface area contributed by atoms with Gasteiger partial charge in [-0.05, 0) is 74.2 Å². The number of amides is 2. The van der Waals surface area contributed by atoms with Crippen molar-refractivity contribution in [2.24, 2.45) is 0 Å². The lowest BCUT2D eigenvalue weighted by Crippen LogP contribution is -2.42. The van der Waals surface area contributed by atoms with Gasteiger partial charge in [-0.2, -0.15) is 0 Å². The van der Waals surface area contributed by atoms with Gasteiger partial charge in [0.05, 0.1) is 5.52 Å². The number of ether oxygens (including phenoxy) is 2. The molecule has 4 aromatic rings. The number of hydrogen-bond donors (Lipinski definition) is 2. The van der Waals surface area contributed by atoms with Crippen LogP contribution in [0.2, 0.25) is 0 Å². The van der Waals surface area contributed by atoms with E-state index in [9.17, 15) is 23.2 Å². The molecule has 1 aromatic heterocycles. The summed E-state index contributed by atoms with van der Waals surface area (Å²) in [6, 6.07) is 13.4. The molecule has 0 bridgehead atoms. The molecule has 0 saturated heterocycles. The number of anilines is 1. The van der Waals surface area contributed by atoms with E-state index in [1.54, 1.807) is 43.9 Å². The monoisotopic (exact) mass is 603 g/mol. The minimum absolute atomic E-state index is 0.0692. The molecule has 3 N–H and O–H groups in total. The lowest BCUT2D eigenvalue weighted by molar-refractivity contribution is -0.147. The predicted octanol–water partition coefficient (Wildman–Crippen LogP) is 5.27. The second kappa shape index (κ2) is 11.9. The average molecular weight is 604 g/mol. The van der Waals surface area contributed by atoms with Crippen LogP contribution < -0.4 is 11.1 Å². The van der Waals surface area contributed by atoms with Crippen molar-refractivity contribution < 1.29 is 32.6 Å². The van der Waals surface area contributed by atoms with E-state index < -0.39 is 41.9 Å². The molecule has 2 amide bonds. The van der Waals surface area contributed by atoms with Gasteiger partial charge in [-0.1, -0.05) is 30.3 Å². The van der Waals surface area contributed by atoms with Crippen LogP contribution in [0.1, 0.15) is 54.9 Å². The number of aromatic nitrogens is 2. The standard InChI is InChI=1S/C32H31F2N5O5/c1-17(36-31(42)44-32(2,3)4)29(41)43-16-21-12-24(33)25(34)13-22(21)18-9-10-26-23(11-18)27(38-30(35)37-26)28(40)39-14-19-7-5-6-8-20(19)15-39/h5-13,17H,14-16H2,1-4H3,(H,36,42)(H2,35,37,38). The zero-order valence-electron chi connectivity index (χ0n) is 24.6. The topological polar surface area (TPSA) is 137 Å². The van der Waals surface area contributed by atoms with Gasteiger partial charge >= 0.3 is 12.1 Å². The van der Waals surface area contributed by atoms with Crippen molar-refractivity contribution in [3.63, 3.8) is 0 Å². The van der Waals surface area contributed by atoms with Crippen molar-refractivity contribution in [3.8, 4) is 11.1 Å². The first-order chi connectivity index (χ1) is 20.8. The molecule has 0 saturated carbocycles. The van der Waals surface area contributed by atoms with E-state index in [1.807, 2.05) is 24.3 Å². The first kappa shape index (κ1) is 30.3. The summed E-state index contributed by atoms with van der Waals surface area (Å²) < 4.78 is 39.4. The quantitative estimate of drug-likeness (QED) is 0.285. The van der Waals surface area contributed by atoms with E-state index >= 15 is 0 Å². The van der Waals surface area contributed by atoms with Gasteiger partial charge < -0.3 is 25.4 Å². The Balaban J connectivity index is 1.43. The molecule has 5 rings (SSSR count). The third-order valence-electron chi connectivity index (χ3n) is 6.96. The average Bonchev–Trinajstić information content (AvgIpc) is 3.39. The van der Waals surface area contributed by atoms with E-state index in [-0.39, 0.29) is 28.7 Å². The molecule has 3 aromatic carbocycles. The largest absolute Gasteiger partial charge is 0.459 e. The van der Waals surface area contributed by atoms with Crippen molar-refractivity contribution in [1.82, 2.24) is 20.2 Å². The van der Waals surface area contributed by atoms with E-state index in [2.05, 4.69) is 15.3 Å². The summed E-state index contributed by atoms with van der Waals surface area (Å²) in [6.07, 6.45) is -0.808. The number of hydrogen-bond acceptors (Lipinski definition) is 8. The van der Waals surface area contributed by atoms with E-state index in [1.165, 1.54) is 6.92 Å². The maximum absolute atomic E-state index is 14.5. The molecular weight excluding hydrogens is 572 g/mol. The van der Waals surface area contributed by atoms with E-state index in [0.29, 0.717) is 29.6 Å². The lowest BCUT2D eigenvalue weighted by atomic mass is 9.97. The Hall–Kier alpha value is -5.13. The Morgan fingerprint density at radius 2 is 1.66 bits per heavy atom. The van der Waals surface area contributed by atoms with Gasteiger partial charge in [0.2, 0.25) is 5.95 Å². The number of halogens is 2. The van der Waals surface area contributed by atoms with Crippen molar-refractivity contribution in [2.45, 2.75) is 59.0 Å². The summed E-state index contributed by atoms with van der Waals surface area (Å²) in [7, 11) is 0. The van der Waals surface area contributed by atoms with Crippen molar-refractivity contribution >= 4 is 34.8 Å². The van der Waals surface area contributed by atoms with Gasteiger partial charge in [-0.15, -0.1) is 0 Å². The lowest BCUT2D eigenvalue weighted by Gasteiger charge is -2.21. The number of rotatable bonds is 6. The van der Waals surface area contributed by atoms with Crippen LogP contribution in [0, 0.1) is 11.6 Å². The van der Waals surface area contributed by atoms with E-state index in [0.717, 1.165) is 23.3 Å². The molecule has 12 heteroatoms. The molecule has 228 valence electrons. The molecule has 1 aliphatic rings. The van der Waals surface area contributed by atoms with Crippen LogP contribution in [0.15, 0.2) is 54.6 Å². The number of carbonyl (C=O) groups is 3. The normalized spacial score (nSPS) is 13.4. The second-order valence-electron chi connectivity index (χ2n) is 11.5. The third-order valence-corrected chi connectivity index (χ3v) is 6.96. The van der Waals surface area contributed by atoms with Crippen molar-refractivity contribution in [3.05, 3.63) is 88.6 Å². The Morgan fingerprint density at radius 3 is 2.32 bits per heavy atom. The predicted molar refractivity (Wildman–Crippen MR) is 158 cm³/mol. The first-order valence-corrected chi connectivity index (χ1v) is 13.9. The number of nitrogens with one attached hydrogen (secondary N) is 1. The van der Waals surface area contributed by atoms with Crippen LogP contribution in [0.5, 0.6) is 0 Å². The maximum atomic E-state index is 14.5. The summed E-state index contributed by atoms with van der Waals surface area (Å²) in [6.45, 7) is 6.82. The summed E-state index contributed by atoms with van der Waals surface area (Å²) in [5.74, 6) is -3.51. The molecule has 0 radical (unpaired) electrons. The van der Waals surface area contributed by atoms with Crippen LogP contribution in [0.4, 0.5) is 19.5 Å². The van der Waals surface area contributed by atoms with Crippen molar-refractivity contribution in [1.29, 1.82) is 0 Å². The van der Waals surface area contributed by atoms with Crippen LogP contribution in [-0.4, -0.2) is 44.5 Å². The minimum Gasteiger partial charge on any atom is -0.459 e. The number of benzene rings is 3. The number of fused-ring (bicyclic) bond motifs is 2. The molecule has 0 spiro atoms. The molecule has 1 unspecified atom stereocenters. The Bertz CT molecular complexity index is 1760. The molecule has 2 heterocycles. The van der Waals surface area contributed by atoms with Gasteiger partial charge in [0.1, 0.15) is 23.9 Å². The molecule has 0 fully saturated rings. The number of esters is 1. The van der Waals surface area contributed by atoms with Crippen molar-refractivity contribution in [2.75, 3.05) is 5.73 Å². The Kier molecular flexibility index (Phi) is 8.18. The highest BCUT2D eigenvalue weighted by Crippen LogP contribution is 2.32. The van der Waals surface area contributed by atoms with Gasteiger partial charge in [-0.25, -0.2) is 28.3 Å². The fourth-order valence-corrected chi connectivity index (χ4v) is 4.90. The van der Waals surface area contributed by atoms with Gasteiger partial charge in [0.15, 0.2) is 11.6 Å². The highest BCUT2D eigenvalue weighted by atomic mass is 19.2. The molecule has 44 heavy (non-hydrogen) atoms. The molecule has 1 aliphatic heterocycles. The maximum Gasteiger partial charge on any atom is 0.408 e. The van der Waals surface area contributed by atoms with Crippen LogP contribution >= 0.6 is 0 Å². The third kappa shape index (κ3) is 6.59. The summed E-state index contributed by atoms with van der Waals surface area (Å²) in [5, 5.41) is 2.74. The SMILES string of the molecule is CC(NC(=O)OC(C)(C)C)C(=O)OCc1cc(F)c(F)cc1-c1ccc2nc(N)nc(C(=O)N3Cc4ccccc4C3)c2c1. The summed E-state index contributed by atoms with van der Waals surface area (Å²) >= 11 is 0. The molecule has 10 nitrogen and oxygen atoms in total. The highest BCUT2D eigenvalue weighted by Gasteiger charge is 2.27. The number of carbonyl (C=O) groups excluding carboxylic acids is 3.